The summed E-state index contributed by atoms with van der Waals surface area (Å²) < 4.78 is 27.5. The first-order chi connectivity index (χ1) is 33.4. The van der Waals surface area contributed by atoms with Crippen LogP contribution < -0.4 is 10.2 Å². The summed E-state index contributed by atoms with van der Waals surface area (Å²) in [5.41, 5.74) is 3.06. The molecule has 0 aromatic heterocycles. The minimum absolute atomic E-state index is 0.121. The van der Waals surface area contributed by atoms with Gasteiger partial charge in [-0.05, 0) is 161 Å². The van der Waals surface area contributed by atoms with E-state index in [0.717, 1.165) is 74.7 Å². The second-order valence-corrected chi connectivity index (χ2v) is 26.0. The summed E-state index contributed by atoms with van der Waals surface area (Å²) in [6.07, 6.45) is 8.97. The van der Waals surface area contributed by atoms with Crippen molar-refractivity contribution in [1.82, 2.24) is 20.0 Å². The van der Waals surface area contributed by atoms with Gasteiger partial charge in [-0.25, -0.2) is 8.42 Å². The number of rotatable bonds is 16. The zero-order valence-corrected chi connectivity index (χ0v) is 44.4. The third-order valence-electron chi connectivity index (χ3n) is 16.9. The van der Waals surface area contributed by atoms with Gasteiger partial charge in [-0.3, -0.25) is 24.6 Å². The number of piperidine rings is 5. The Morgan fingerprint density at radius 3 is 1.96 bits per heavy atom. The molecule has 5 aliphatic rings. The Bertz CT molecular complexity index is 2380. The maximum absolute atomic E-state index is 15.4. The Morgan fingerprint density at radius 1 is 0.743 bits per heavy atom. The Labute approximate surface area is 427 Å². The molecule has 1 unspecified atom stereocenters. The van der Waals surface area contributed by atoms with Crippen molar-refractivity contribution in [3.63, 3.8) is 0 Å². The summed E-state index contributed by atoms with van der Waals surface area (Å²) in [6.45, 7) is 16.5. The van der Waals surface area contributed by atoms with Gasteiger partial charge in [-0.2, -0.15) is 0 Å². The predicted molar refractivity (Wildman–Crippen MR) is 281 cm³/mol. The highest BCUT2D eigenvalue weighted by Gasteiger charge is 2.54. The maximum atomic E-state index is 15.4. The number of hydrogen-bond acceptors (Lipinski definition) is 9. The molecule has 2 N–H and O–H groups in total. The molecule has 3 amide bonds. The summed E-state index contributed by atoms with van der Waals surface area (Å²) in [5, 5.41) is 15.2. The van der Waals surface area contributed by atoms with Crippen molar-refractivity contribution in [2.45, 2.75) is 141 Å². The Kier molecular flexibility index (Phi) is 17.1. The lowest BCUT2D eigenvalue weighted by atomic mass is 9.66. The molecule has 6 atom stereocenters. The molecule has 8 rings (SSSR count). The number of halogens is 2. The molecule has 0 saturated carbocycles. The van der Waals surface area contributed by atoms with Crippen LogP contribution in [0.1, 0.15) is 140 Å². The minimum Gasteiger partial charge on any atom is -0.378 e. The number of aliphatic hydroxyl groups excluding tert-OH is 1. The van der Waals surface area contributed by atoms with Crippen LogP contribution in [-0.4, -0.2) is 115 Å². The number of aliphatic hydroxyl groups is 1. The fraction of sp³-hybridized carbons (Fsp3) is 0.625. The van der Waals surface area contributed by atoms with Crippen molar-refractivity contribution in [2.24, 2.45) is 29.1 Å². The number of carbonyl (C=O) groups is 3. The fourth-order valence-electron chi connectivity index (χ4n) is 12.5. The molecule has 3 aromatic carbocycles. The van der Waals surface area contributed by atoms with Crippen LogP contribution in [0.5, 0.6) is 0 Å². The van der Waals surface area contributed by atoms with Crippen LogP contribution in [0.15, 0.2) is 72.8 Å². The first-order valence-corrected chi connectivity index (χ1v) is 28.7. The van der Waals surface area contributed by atoms with Crippen molar-refractivity contribution in [3.8, 4) is 0 Å². The molecule has 0 radical (unpaired) electrons. The number of likely N-dealkylation sites (tertiary alicyclic amines) is 3. The van der Waals surface area contributed by atoms with Gasteiger partial charge in [0.1, 0.15) is 6.23 Å². The van der Waals surface area contributed by atoms with Crippen LogP contribution in [0.3, 0.4) is 0 Å². The zero-order chi connectivity index (χ0) is 49.9. The van der Waals surface area contributed by atoms with Crippen LogP contribution in [0, 0.1) is 29.1 Å². The number of benzene rings is 3. The van der Waals surface area contributed by atoms with E-state index in [9.17, 15) is 23.1 Å². The number of imide groups is 1. The lowest BCUT2D eigenvalue weighted by Gasteiger charge is -2.54. The van der Waals surface area contributed by atoms with Crippen molar-refractivity contribution >= 4 is 56.4 Å². The number of sulfone groups is 1. The van der Waals surface area contributed by atoms with E-state index in [1.54, 1.807) is 13.8 Å². The molecule has 5 aliphatic heterocycles. The van der Waals surface area contributed by atoms with E-state index in [2.05, 4.69) is 50.3 Å². The third kappa shape index (κ3) is 12.4. The lowest BCUT2D eigenvalue weighted by molar-refractivity contribution is -0.161. The van der Waals surface area contributed by atoms with Crippen LogP contribution in [0.4, 0.5) is 5.69 Å². The van der Waals surface area contributed by atoms with E-state index in [-0.39, 0.29) is 47.6 Å². The third-order valence-corrected chi connectivity index (χ3v) is 19.7. The molecule has 70 heavy (non-hydrogen) atoms. The van der Waals surface area contributed by atoms with Gasteiger partial charge < -0.3 is 19.8 Å². The molecule has 5 fully saturated rings. The standard InChI is InChI=1S/C56H77Cl2N5O6S/c1-37(2)50(36-70(68,69)38(3)4)63-53(43-9-13-45(57)14-10-43)49(44-7-6-8-46(58)32-44)33-56(5,55(63)67)34-52(65)62-29-21-40(22-30-62)31-39-19-25-60(26-20-39)35-41-23-27-61(28-24-41)47-15-11-42(12-16-47)48-17-18-51(64)59-54(48)66/h6-16,32,37-41,48-50,52-53,65H,17-31,33-36H2,1-5H3,(H,59,64,66)/t48-,49+,50+,52?,53+,56+/m0/s1. The molecule has 382 valence electrons. The van der Waals surface area contributed by atoms with Crippen molar-refractivity contribution < 1.29 is 27.9 Å². The van der Waals surface area contributed by atoms with Crippen LogP contribution in [0.25, 0.3) is 0 Å². The summed E-state index contributed by atoms with van der Waals surface area (Å²) in [6, 6.07) is 22.7. The van der Waals surface area contributed by atoms with E-state index < -0.39 is 38.8 Å². The highest BCUT2D eigenvalue weighted by atomic mass is 35.5. The molecule has 5 saturated heterocycles. The molecule has 11 nitrogen and oxygen atoms in total. The Morgan fingerprint density at radius 2 is 1.36 bits per heavy atom. The van der Waals surface area contributed by atoms with Gasteiger partial charge in [0, 0.05) is 73.3 Å². The quantitative estimate of drug-likeness (QED) is 0.135. The van der Waals surface area contributed by atoms with E-state index >= 15 is 4.79 Å². The minimum atomic E-state index is -3.55. The van der Waals surface area contributed by atoms with Gasteiger partial charge in [0.15, 0.2) is 9.84 Å². The Hall–Kier alpha value is -3.52. The first kappa shape index (κ1) is 52.8. The van der Waals surface area contributed by atoms with Gasteiger partial charge in [-0.1, -0.05) is 80.4 Å². The molecule has 3 aromatic rings. The monoisotopic (exact) mass is 1020 g/mol. The van der Waals surface area contributed by atoms with Crippen LogP contribution >= 0.6 is 23.2 Å². The van der Waals surface area contributed by atoms with E-state index in [0.29, 0.717) is 41.1 Å². The lowest BCUT2D eigenvalue weighted by Crippen LogP contribution is -2.60. The molecule has 5 heterocycles. The number of nitrogens with one attached hydrogen (secondary N) is 1. The molecule has 0 spiro atoms. The highest BCUT2D eigenvalue weighted by molar-refractivity contribution is 7.92. The topological polar surface area (TPSA) is 131 Å². The molecular formula is C56H77Cl2N5O6S. The van der Waals surface area contributed by atoms with Gasteiger partial charge >= 0.3 is 0 Å². The van der Waals surface area contributed by atoms with Crippen molar-refractivity contribution in [1.29, 1.82) is 0 Å². The fourth-order valence-corrected chi connectivity index (χ4v) is 14.3. The number of carbonyl (C=O) groups excluding carboxylic acids is 3. The van der Waals surface area contributed by atoms with Crippen molar-refractivity contribution in [3.05, 3.63) is 99.5 Å². The number of nitrogens with zero attached hydrogens (tertiary/aromatic N) is 4. The first-order valence-electron chi connectivity index (χ1n) is 26.3. The zero-order valence-electron chi connectivity index (χ0n) is 42.1. The van der Waals surface area contributed by atoms with Crippen LogP contribution in [-0.2, 0) is 24.2 Å². The van der Waals surface area contributed by atoms with Crippen molar-refractivity contribution in [2.75, 3.05) is 56.5 Å². The van der Waals surface area contributed by atoms with E-state index in [1.807, 2.05) is 68.1 Å². The SMILES string of the molecule is CC(C)[C@@H](CS(=O)(=O)C(C)C)N1C(=O)[C@@](C)(CC(O)N2CCC(CC3CCN(CC4CCN(c5ccc([C@@H]6CCC(=O)NC6=O)cc5)CC4)CC3)CC2)C[C@H](c2cccc(Cl)c2)[C@H]1c1ccc(Cl)cc1. The van der Waals surface area contributed by atoms with Gasteiger partial charge in [0.2, 0.25) is 17.7 Å². The molecule has 0 bridgehead atoms. The smallest absolute Gasteiger partial charge is 0.234 e. The van der Waals surface area contributed by atoms with E-state index in [1.165, 1.54) is 44.3 Å². The summed E-state index contributed by atoms with van der Waals surface area (Å²) >= 11 is 13.1. The number of amides is 3. The maximum Gasteiger partial charge on any atom is 0.234 e. The van der Waals surface area contributed by atoms with Gasteiger partial charge in [0.05, 0.1) is 28.4 Å². The van der Waals surface area contributed by atoms with E-state index in [4.69, 9.17) is 23.2 Å². The molecule has 14 heteroatoms. The number of hydrogen-bond donors (Lipinski definition) is 2. The summed E-state index contributed by atoms with van der Waals surface area (Å²) in [5.74, 6) is 0.754. The summed E-state index contributed by atoms with van der Waals surface area (Å²) in [4.78, 5) is 48.6. The van der Waals surface area contributed by atoms with Gasteiger partial charge in [0.25, 0.3) is 0 Å². The number of anilines is 1. The average Bonchev–Trinajstić information content (AvgIpc) is 3.33. The van der Waals surface area contributed by atoms with Crippen LogP contribution in [0.2, 0.25) is 10.0 Å². The normalized spacial score (nSPS) is 26.3. The van der Waals surface area contributed by atoms with Gasteiger partial charge in [-0.15, -0.1) is 0 Å². The second kappa shape index (κ2) is 22.7. The highest BCUT2D eigenvalue weighted by Crippen LogP contribution is 2.53. The second-order valence-electron chi connectivity index (χ2n) is 22.5. The Balaban J connectivity index is 0.846. The predicted octanol–water partition coefficient (Wildman–Crippen LogP) is 9.86. The average molecular weight is 1020 g/mol. The largest absolute Gasteiger partial charge is 0.378 e. The summed E-state index contributed by atoms with van der Waals surface area (Å²) in [7, 11) is -3.55. The molecule has 0 aliphatic carbocycles. The molecular weight excluding hydrogens is 942 g/mol.